The van der Waals surface area contributed by atoms with Crippen LogP contribution in [0.15, 0.2) is 18.6 Å². The van der Waals surface area contributed by atoms with Crippen LogP contribution in [0.3, 0.4) is 0 Å². The first kappa shape index (κ1) is 10.1. The third kappa shape index (κ3) is 2.66. The second-order valence-electron chi connectivity index (χ2n) is 3.34. The maximum absolute atomic E-state index is 4.19. The Labute approximate surface area is 68.7 Å². The summed E-state index contributed by atoms with van der Waals surface area (Å²) >= 11 is 0. The van der Waals surface area contributed by atoms with Crippen molar-refractivity contribution in [2.45, 2.75) is 33.6 Å². The maximum Gasteiger partial charge on any atom is 0.0640 e. The van der Waals surface area contributed by atoms with Crippen LogP contribution in [0.4, 0.5) is 0 Å². The molecule has 0 saturated heterocycles. The van der Waals surface area contributed by atoms with E-state index in [1.165, 1.54) is 0 Å². The van der Waals surface area contributed by atoms with Crippen LogP contribution in [0.5, 0.6) is 0 Å². The number of nitrogens with zero attached hydrogens (tertiary/aromatic N) is 2. The molecule has 2 nitrogen and oxygen atoms in total. The monoisotopic (exact) mass is 152 g/mol. The van der Waals surface area contributed by atoms with Gasteiger partial charge in [-0.15, -0.1) is 0 Å². The highest BCUT2D eigenvalue weighted by Gasteiger charge is 2.13. The highest BCUT2D eigenvalue weighted by Crippen LogP contribution is 2.17. The van der Waals surface area contributed by atoms with E-state index >= 15 is 0 Å². The quantitative estimate of drug-likeness (QED) is 0.570. The molecule has 2 heteroatoms. The van der Waals surface area contributed by atoms with Crippen molar-refractivity contribution in [3.8, 4) is 0 Å². The number of hydrogen-bond donors (Lipinski definition) is 0. The fourth-order valence-electron chi connectivity index (χ4n) is 0.686. The van der Waals surface area contributed by atoms with Crippen molar-refractivity contribution in [2.24, 2.45) is 0 Å². The van der Waals surface area contributed by atoms with Crippen molar-refractivity contribution in [3.05, 3.63) is 24.3 Å². The minimum Gasteiger partial charge on any atom is -0.261 e. The molecule has 0 bridgehead atoms. The zero-order chi connectivity index (χ0) is 7.61. The lowest BCUT2D eigenvalue weighted by atomic mass is 9.93. The zero-order valence-corrected chi connectivity index (χ0v) is 6.63. The van der Waals surface area contributed by atoms with E-state index in [-0.39, 0.29) is 12.8 Å². The Bertz CT molecular complexity index is 199. The van der Waals surface area contributed by atoms with Crippen LogP contribution in [0.1, 0.15) is 33.9 Å². The molecular formula is C9H16N2. The van der Waals surface area contributed by atoms with Gasteiger partial charge in [0.05, 0.1) is 5.69 Å². The first-order chi connectivity index (χ1) is 4.61. The summed E-state index contributed by atoms with van der Waals surface area (Å²) in [5.41, 5.74) is 1.16. The third-order valence-corrected chi connectivity index (χ3v) is 1.33. The van der Waals surface area contributed by atoms with Gasteiger partial charge < -0.3 is 0 Å². The van der Waals surface area contributed by atoms with Crippen LogP contribution in [0.25, 0.3) is 0 Å². The lowest BCUT2D eigenvalue weighted by molar-refractivity contribution is 0.565. The molecule has 0 aromatic carbocycles. The zero-order valence-electron chi connectivity index (χ0n) is 6.63. The predicted molar refractivity (Wildman–Crippen MR) is 47.5 cm³/mol. The lowest BCUT2D eigenvalue weighted by Gasteiger charge is -2.15. The molecule has 1 aromatic rings. The molecule has 1 aromatic heterocycles. The van der Waals surface area contributed by atoms with Crippen molar-refractivity contribution in [2.75, 3.05) is 0 Å². The summed E-state index contributed by atoms with van der Waals surface area (Å²) < 4.78 is 0. The number of hydrogen-bond acceptors (Lipinski definition) is 2. The molecule has 0 aliphatic carbocycles. The van der Waals surface area contributed by atoms with Crippen LogP contribution in [-0.4, -0.2) is 9.97 Å². The standard InChI is InChI=1S/C8H12N2.CH4/c1-8(2,3)7-6-9-4-5-10-7;/h4-6H,1-3H3;1H4. The van der Waals surface area contributed by atoms with E-state index in [2.05, 4.69) is 30.7 Å². The van der Waals surface area contributed by atoms with Gasteiger partial charge >= 0.3 is 0 Å². The second kappa shape index (κ2) is 3.46. The van der Waals surface area contributed by atoms with Gasteiger partial charge in [-0.25, -0.2) is 0 Å². The van der Waals surface area contributed by atoms with Gasteiger partial charge in [-0.3, -0.25) is 9.97 Å². The molecule has 0 saturated carbocycles. The van der Waals surface area contributed by atoms with Crippen molar-refractivity contribution in [1.29, 1.82) is 0 Å². The van der Waals surface area contributed by atoms with Gasteiger partial charge in [0, 0.05) is 24.0 Å². The molecule has 0 aliphatic rings. The summed E-state index contributed by atoms with van der Waals surface area (Å²) in [7, 11) is 0. The molecule has 0 amide bonds. The fourth-order valence-corrected chi connectivity index (χ4v) is 0.686. The molecule has 0 spiro atoms. The average Bonchev–Trinajstić information content (AvgIpc) is 1.88. The van der Waals surface area contributed by atoms with Crippen LogP contribution in [-0.2, 0) is 5.41 Å². The van der Waals surface area contributed by atoms with Gasteiger partial charge in [0.1, 0.15) is 0 Å². The van der Waals surface area contributed by atoms with Crippen molar-refractivity contribution in [1.82, 2.24) is 9.97 Å². The van der Waals surface area contributed by atoms with E-state index in [1.807, 2.05) is 0 Å². The van der Waals surface area contributed by atoms with E-state index in [1.54, 1.807) is 18.6 Å². The van der Waals surface area contributed by atoms with Crippen LogP contribution < -0.4 is 0 Å². The van der Waals surface area contributed by atoms with Gasteiger partial charge in [-0.2, -0.15) is 0 Å². The van der Waals surface area contributed by atoms with E-state index in [0.29, 0.717) is 0 Å². The molecule has 11 heavy (non-hydrogen) atoms. The summed E-state index contributed by atoms with van der Waals surface area (Å²) in [6.07, 6.45) is 5.22. The topological polar surface area (TPSA) is 25.8 Å². The largest absolute Gasteiger partial charge is 0.261 e. The molecule has 0 unspecified atom stereocenters. The average molecular weight is 152 g/mol. The molecule has 1 rings (SSSR count). The molecule has 0 aliphatic heterocycles. The molecule has 62 valence electrons. The van der Waals surface area contributed by atoms with Crippen molar-refractivity contribution >= 4 is 0 Å². The van der Waals surface area contributed by atoms with E-state index in [0.717, 1.165) is 5.69 Å². The third-order valence-electron chi connectivity index (χ3n) is 1.33. The van der Waals surface area contributed by atoms with Crippen LogP contribution >= 0.6 is 0 Å². The van der Waals surface area contributed by atoms with Crippen LogP contribution in [0.2, 0.25) is 0 Å². The number of rotatable bonds is 0. The van der Waals surface area contributed by atoms with Gasteiger partial charge in [-0.1, -0.05) is 28.2 Å². The summed E-state index contributed by atoms with van der Waals surface area (Å²) in [4.78, 5) is 8.18. The number of aromatic nitrogens is 2. The Morgan fingerprint density at radius 1 is 1.18 bits per heavy atom. The molecule has 1 heterocycles. The Morgan fingerprint density at radius 3 is 2.09 bits per heavy atom. The lowest BCUT2D eigenvalue weighted by Crippen LogP contribution is -2.13. The minimum absolute atomic E-state index is 0. The first-order valence-electron chi connectivity index (χ1n) is 3.37. The van der Waals surface area contributed by atoms with Crippen molar-refractivity contribution in [3.63, 3.8) is 0 Å². The minimum atomic E-state index is 0. The summed E-state index contributed by atoms with van der Waals surface area (Å²) in [6.45, 7) is 6.37. The van der Waals surface area contributed by atoms with Gasteiger partial charge in [0.15, 0.2) is 0 Å². The molecule has 0 N–H and O–H groups in total. The first-order valence-corrected chi connectivity index (χ1v) is 3.37. The highest BCUT2D eigenvalue weighted by molar-refractivity contribution is 5.06. The van der Waals surface area contributed by atoms with Gasteiger partial charge in [0.25, 0.3) is 0 Å². The SMILES string of the molecule is C.CC(C)(C)c1cnccn1. The molecule has 0 radical (unpaired) electrons. The van der Waals surface area contributed by atoms with Crippen LogP contribution in [0, 0.1) is 0 Å². The second-order valence-corrected chi connectivity index (χ2v) is 3.34. The Hall–Kier alpha value is -0.920. The fraction of sp³-hybridized carbons (Fsp3) is 0.556. The maximum atomic E-state index is 4.19. The van der Waals surface area contributed by atoms with Gasteiger partial charge in [-0.05, 0) is 0 Å². The highest BCUT2D eigenvalue weighted by atomic mass is 14.8. The van der Waals surface area contributed by atoms with E-state index in [9.17, 15) is 0 Å². The smallest absolute Gasteiger partial charge is 0.0640 e. The molecular weight excluding hydrogens is 136 g/mol. The Balaban J connectivity index is 0.000001000. The van der Waals surface area contributed by atoms with E-state index < -0.39 is 0 Å². The Kier molecular flexibility index (Phi) is 3.18. The predicted octanol–water partition coefficient (Wildman–Crippen LogP) is 2.41. The van der Waals surface area contributed by atoms with E-state index in [4.69, 9.17) is 0 Å². The summed E-state index contributed by atoms with van der Waals surface area (Å²) in [5, 5.41) is 0. The normalized spacial score (nSPS) is 10.5. The summed E-state index contributed by atoms with van der Waals surface area (Å²) in [6, 6.07) is 0. The molecule has 0 fully saturated rings. The summed E-state index contributed by atoms with van der Waals surface area (Å²) in [5.74, 6) is 0. The van der Waals surface area contributed by atoms with Gasteiger partial charge in [0.2, 0.25) is 0 Å². The Morgan fingerprint density at radius 2 is 1.82 bits per heavy atom. The van der Waals surface area contributed by atoms with Crippen molar-refractivity contribution < 1.29 is 0 Å². The molecule has 0 atom stereocenters.